The highest BCUT2D eigenvalue weighted by Crippen LogP contribution is 2.11. The minimum atomic E-state index is 0.564. The van der Waals surface area contributed by atoms with E-state index in [0.29, 0.717) is 6.10 Å². The first-order valence-corrected chi connectivity index (χ1v) is 5.70. The summed E-state index contributed by atoms with van der Waals surface area (Å²) in [4.78, 5) is 2.56. The van der Waals surface area contributed by atoms with Gasteiger partial charge in [-0.15, -0.1) is 0 Å². The maximum Gasteiger partial charge on any atom is 0.0936 e. The van der Waals surface area contributed by atoms with E-state index in [4.69, 9.17) is 4.74 Å². The van der Waals surface area contributed by atoms with Gasteiger partial charge in [0.1, 0.15) is 0 Å². The average Bonchev–Trinajstić information content (AvgIpc) is 2.93. The van der Waals surface area contributed by atoms with Gasteiger partial charge in [0.2, 0.25) is 0 Å². The second-order valence-corrected chi connectivity index (χ2v) is 3.96. The zero-order valence-electron chi connectivity index (χ0n) is 9.09. The van der Waals surface area contributed by atoms with Crippen molar-refractivity contribution in [3.8, 4) is 0 Å². The molecule has 1 heterocycles. The summed E-state index contributed by atoms with van der Waals surface area (Å²) >= 11 is 0. The van der Waals surface area contributed by atoms with Crippen LogP contribution >= 0.6 is 0 Å². The third-order valence-corrected chi connectivity index (χ3v) is 2.52. The van der Waals surface area contributed by atoms with E-state index in [1.165, 1.54) is 45.3 Å². The van der Waals surface area contributed by atoms with Crippen molar-refractivity contribution in [3.05, 3.63) is 0 Å². The maximum absolute atomic E-state index is 5.26. The molecule has 0 N–H and O–H groups in total. The summed E-state index contributed by atoms with van der Waals surface area (Å²) in [5.41, 5.74) is 0. The summed E-state index contributed by atoms with van der Waals surface area (Å²) in [5, 5.41) is 0. The Morgan fingerprint density at radius 2 is 1.69 bits per heavy atom. The van der Waals surface area contributed by atoms with Crippen molar-refractivity contribution in [3.63, 3.8) is 0 Å². The topological polar surface area (TPSA) is 15.8 Å². The molecule has 1 aliphatic heterocycles. The number of hydrogen-bond donors (Lipinski definition) is 0. The lowest BCUT2D eigenvalue weighted by Crippen LogP contribution is -2.30. The molecule has 0 aromatic rings. The number of unbranched alkanes of at least 4 members (excludes halogenated alkanes) is 2. The molecule has 1 fully saturated rings. The lowest BCUT2D eigenvalue weighted by molar-refractivity contribution is 0.236. The summed E-state index contributed by atoms with van der Waals surface area (Å²) in [6, 6.07) is 0. The van der Waals surface area contributed by atoms with E-state index in [1.54, 1.807) is 0 Å². The number of epoxide rings is 1. The lowest BCUT2D eigenvalue weighted by atomic mass is 10.2. The van der Waals surface area contributed by atoms with Crippen LogP contribution in [0.1, 0.15) is 39.5 Å². The van der Waals surface area contributed by atoms with Crippen molar-refractivity contribution in [2.45, 2.75) is 45.6 Å². The van der Waals surface area contributed by atoms with E-state index in [2.05, 4.69) is 18.7 Å². The maximum atomic E-state index is 5.26. The van der Waals surface area contributed by atoms with Crippen LogP contribution < -0.4 is 0 Å². The van der Waals surface area contributed by atoms with Crippen molar-refractivity contribution < 1.29 is 4.74 Å². The Morgan fingerprint density at radius 3 is 2.08 bits per heavy atom. The molecule has 0 saturated carbocycles. The van der Waals surface area contributed by atoms with Gasteiger partial charge < -0.3 is 9.64 Å². The molecule has 78 valence electrons. The van der Waals surface area contributed by atoms with Crippen molar-refractivity contribution in [1.29, 1.82) is 0 Å². The quantitative estimate of drug-likeness (QED) is 0.539. The van der Waals surface area contributed by atoms with Gasteiger partial charge in [-0.2, -0.15) is 0 Å². The van der Waals surface area contributed by atoms with Crippen LogP contribution in [0.5, 0.6) is 0 Å². The van der Waals surface area contributed by atoms with Crippen molar-refractivity contribution in [1.82, 2.24) is 4.90 Å². The fourth-order valence-electron chi connectivity index (χ4n) is 1.52. The molecular weight excluding hydrogens is 162 g/mol. The molecule has 0 aromatic carbocycles. The molecule has 13 heavy (non-hydrogen) atoms. The van der Waals surface area contributed by atoms with Gasteiger partial charge in [0, 0.05) is 6.54 Å². The summed E-state index contributed by atoms with van der Waals surface area (Å²) in [7, 11) is 0. The van der Waals surface area contributed by atoms with Crippen LogP contribution in [0.4, 0.5) is 0 Å². The fourth-order valence-corrected chi connectivity index (χ4v) is 1.52. The Balaban J connectivity index is 2.08. The largest absolute Gasteiger partial charge is 0.372 e. The van der Waals surface area contributed by atoms with Crippen LogP contribution in [0.15, 0.2) is 0 Å². The van der Waals surface area contributed by atoms with Crippen LogP contribution in [-0.4, -0.2) is 37.2 Å². The number of rotatable bonds is 8. The zero-order valence-corrected chi connectivity index (χ0v) is 9.09. The van der Waals surface area contributed by atoms with E-state index < -0.39 is 0 Å². The first-order valence-electron chi connectivity index (χ1n) is 5.70. The van der Waals surface area contributed by atoms with Crippen molar-refractivity contribution in [2.24, 2.45) is 0 Å². The molecule has 1 aliphatic rings. The first kappa shape index (κ1) is 11.0. The van der Waals surface area contributed by atoms with Gasteiger partial charge in [-0.3, -0.25) is 0 Å². The molecule has 0 radical (unpaired) electrons. The molecule has 0 aliphatic carbocycles. The minimum Gasteiger partial charge on any atom is -0.372 e. The van der Waals surface area contributed by atoms with E-state index in [-0.39, 0.29) is 0 Å². The fraction of sp³-hybridized carbons (Fsp3) is 1.00. The molecule has 1 rings (SSSR count). The van der Waals surface area contributed by atoms with Crippen LogP contribution in [0, 0.1) is 0 Å². The zero-order chi connectivity index (χ0) is 9.52. The number of hydrogen-bond acceptors (Lipinski definition) is 2. The summed E-state index contributed by atoms with van der Waals surface area (Å²) in [6.45, 7) is 9.19. The smallest absolute Gasteiger partial charge is 0.0936 e. The monoisotopic (exact) mass is 185 g/mol. The Morgan fingerprint density at radius 1 is 1.15 bits per heavy atom. The van der Waals surface area contributed by atoms with Crippen molar-refractivity contribution >= 4 is 0 Å². The predicted octanol–water partition coefficient (Wildman–Crippen LogP) is 2.29. The highest BCUT2D eigenvalue weighted by molar-refractivity contribution is 4.74. The average molecular weight is 185 g/mol. The first-order chi connectivity index (χ1) is 6.36. The second-order valence-electron chi connectivity index (χ2n) is 3.96. The Kier molecular flexibility index (Phi) is 5.40. The third-order valence-electron chi connectivity index (χ3n) is 2.52. The number of ether oxygens (including phenoxy) is 1. The Labute approximate surface area is 82.3 Å². The highest BCUT2D eigenvalue weighted by Gasteiger charge is 2.24. The molecule has 2 nitrogen and oxygen atoms in total. The Hall–Kier alpha value is -0.0800. The van der Waals surface area contributed by atoms with Crippen LogP contribution in [0.2, 0.25) is 0 Å². The molecular formula is C11H23NO. The molecule has 0 spiro atoms. The van der Waals surface area contributed by atoms with E-state index in [0.717, 1.165) is 6.61 Å². The SMILES string of the molecule is CCCCN(CCCC)C[C@H]1CO1. The molecule has 0 aromatic heterocycles. The van der Waals surface area contributed by atoms with Gasteiger partial charge in [-0.05, 0) is 25.9 Å². The predicted molar refractivity (Wildman–Crippen MR) is 56.0 cm³/mol. The molecule has 1 saturated heterocycles. The van der Waals surface area contributed by atoms with E-state index in [9.17, 15) is 0 Å². The second kappa shape index (κ2) is 6.39. The minimum absolute atomic E-state index is 0.564. The Bertz CT molecular complexity index is 115. The van der Waals surface area contributed by atoms with E-state index in [1.807, 2.05) is 0 Å². The van der Waals surface area contributed by atoms with Gasteiger partial charge in [-0.25, -0.2) is 0 Å². The van der Waals surface area contributed by atoms with Gasteiger partial charge in [0.15, 0.2) is 0 Å². The third kappa shape index (κ3) is 5.27. The van der Waals surface area contributed by atoms with Gasteiger partial charge in [0.05, 0.1) is 12.7 Å². The highest BCUT2D eigenvalue weighted by atomic mass is 16.6. The molecule has 2 heteroatoms. The van der Waals surface area contributed by atoms with Gasteiger partial charge in [0.25, 0.3) is 0 Å². The summed E-state index contributed by atoms with van der Waals surface area (Å²) in [6.07, 6.45) is 5.82. The molecule has 0 bridgehead atoms. The van der Waals surface area contributed by atoms with E-state index >= 15 is 0 Å². The van der Waals surface area contributed by atoms with Gasteiger partial charge in [-0.1, -0.05) is 26.7 Å². The summed E-state index contributed by atoms with van der Waals surface area (Å²) in [5.74, 6) is 0. The van der Waals surface area contributed by atoms with Crippen LogP contribution in [-0.2, 0) is 4.74 Å². The lowest BCUT2D eigenvalue weighted by Gasteiger charge is -2.20. The van der Waals surface area contributed by atoms with Crippen LogP contribution in [0.3, 0.4) is 0 Å². The standard InChI is InChI=1S/C11H23NO/c1-3-5-7-12(8-6-4-2)9-11-10-13-11/h11H,3-10H2,1-2H3/t11-/m0/s1. The number of nitrogens with zero attached hydrogens (tertiary/aromatic N) is 1. The normalized spacial score (nSPS) is 21.0. The van der Waals surface area contributed by atoms with Gasteiger partial charge >= 0.3 is 0 Å². The summed E-state index contributed by atoms with van der Waals surface area (Å²) < 4.78 is 5.26. The van der Waals surface area contributed by atoms with Crippen LogP contribution in [0.25, 0.3) is 0 Å². The molecule has 1 atom stereocenters. The molecule has 0 unspecified atom stereocenters. The van der Waals surface area contributed by atoms with Crippen molar-refractivity contribution in [2.75, 3.05) is 26.2 Å². The molecule has 0 amide bonds.